The number of aromatic nitrogens is 1. The van der Waals surface area contributed by atoms with Gasteiger partial charge in [-0.15, -0.1) is 0 Å². The Morgan fingerprint density at radius 2 is 1.93 bits per heavy atom. The second kappa shape index (κ2) is 8.28. The smallest absolute Gasteiger partial charge is 0.254 e. The van der Waals surface area contributed by atoms with E-state index >= 15 is 0 Å². The Morgan fingerprint density at radius 1 is 1.15 bits per heavy atom. The van der Waals surface area contributed by atoms with Crippen LogP contribution >= 0.6 is 11.6 Å². The van der Waals surface area contributed by atoms with Crippen molar-refractivity contribution >= 4 is 23.3 Å². The first kappa shape index (κ1) is 18.3. The second-order valence-electron chi connectivity index (χ2n) is 7.24. The van der Waals surface area contributed by atoms with E-state index in [4.69, 9.17) is 16.3 Å². The predicted molar refractivity (Wildman–Crippen MR) is 106 cm³/mol. The molecule has 0 radical (unpaired) electrons. The molecule has 0 spiro atoms. The Labute approximate surface area is 164 Å². The Morgan fingerprint density at radius 3 is 2.70 bits per heavy atom. The normalized spacial score (nSPS) is 20.1. The number of benzene rings is 1. The van der Waals surface area contributed by atoms with E-state index in [0.717, 1.165) is 36.8 Å². The SMILES string of the molecule is O=C(c1ccnc(N2CCC(Cc3ccc(Cl)cc3)C2)c1)N1CCOCC1. The number of hydrogen-bond donors (Lipinski definition) is 0. The van der Waals surface area contributed by atoms with Crippen LogP contribution in [0, 0.1) is 5.92 Å². The van der Waals surface area contributed by atoms with Gasteiger partial charge in [-0.1, -0.05) is 23.7 Å². The highest BCUT2D eigenvalue weighted by atomic mass is 35.5. The van der Waals surface area contributed by atoms with Crippen molar-refractivity contribution in [2.75, 3.05) is 44.3 Å². The van der Waals surface area contributed by atoms with Crippen molar-refractivity contribution in [3.63, 3.8) is 0 Å². The molecular formula is C21H24ClN3O2. The number of pyridine rings is 1. The molecule has 1 amide bonds. The van der Waals surface area contributed by atoms with Gasteiger partial charge in [0.25, 0.3) is 5.91 Å². The lowest BCUT2D eigenvalue weighted by molar-refractivity contribution is 0.0303. The molecule has 4 rings (SSSR count). The number of carbonyl (C=O) groups excluding carboxylic acids is 1. The number of rotatable bonds is 4. The van der Waals surface area contributed by atoms with Gasteiger partial charge in [0.05, 0.1) is 13.2 Å². The minimum atomic E-state index is 0.0684. The summed E-state index contributed by atoms with van der Waals surface area (Å²) in [5.74, 6) is 1.55. The number of halogens is 1. The van der Waals surface area contributed by atoms with Crippen LogP contribution in [0.4, 0.5) is 5.82 Å². The topological polar surface area (TPSA) is 45.7 Å². The molecule has 1 aromatic carbocycles. The average Bonchev–Trinajstić information content (AvgIpc) is 3.18. The second-order valence-corrected chi connectivity index (χ2v) is 7.68. The van der Waals surface area contributed by atoms with Gasteiger partial charge < -0.3 is 14.5 Å². The molecule has 2 aliphatic rings. The van der Waals surface area contributed by atoms with E-state index < -0.39 is 0 Å². The number of hydrogen-bond acceptors (Lipinski definition) is 4. The minimum absolute atomic E-state index is 0.0684. The molecule has 2 saturated heterocycles. The van der Waals surface area contributed by atoms with Gasteiger partial charge >= 0.3 is 0 Å². The van der Waals surface area contributed by atoms with E-state index in [1.54, 1.807) is 6.20 Å². The quantitative estimate of drug-likeness (QED) is 0.810. The third-order valence-corrected chi connectivity index (χ3v) is 5.59. The molecule has 0 N–H and O–H groups in total. The van der Waals surface area contributed by atoms with E-state index in [9.17, 15) is 4.79 Å². The molecular weight excluding hydrogens is 362 g/mol. The zero-order chi connectivity index (χ0) is 18.6. The van der Waals surface area contributed by atoms with Crippen LogP contribution < -0.4 is 4.90 Å². The summed E-state index contributed by atoms with van der Waals surface area (Å²) in [6.07, 6.45) is 3.92. The first-order valence-electron chi connectivity index (χ1n) is 9.51. The first-order chi connectivity index (χ1) is 13.2. The van der Waals surface area contributed by atoms with Crippen LogP contribution in [-0.2, 0) is 11.2 Å². The van der Waals surface area contributed by atoms with Crippen molar-refractivity contribution in [3.05, 3.63) is 58.7 Å². The van der Waals surface area contributed by atoms with Gasteiger partial charge in [0.2, 0.25) is 0 Å². The van der Waals surface area contributed by atoms with Crippen LogP contribution in [0.15, 0.2) is 42.6 Å². The fourth-order valence-corrected chi connectivity index (χ4v) is 3.96. The van der Waals surface area contributed by atoms with E-state index in [1.807, 2.05) is 29.2 Å². The standard InChI is InChI=1S/C21H24ClN3O2/c22-19-3-1-16(2-4-19)13-17-6-8-25(15-17)20-14-18(5-7-23-20)21(26)24-9-11-27-12-10-24/h1-5,7,14,17H,6,8-13,15H2. The maximum Gasteiger partial charge on any atom is 0.254 e. The van der Waals surface area contributed by atoms with Crippen LogP contribution in [0.3, 0.4) is 0 Å². The lowest BCUT2D eigenvalue weighted by atomic mass is 9.99. The molecule has 0 saturated carbocycles. The zero-order valence-electron chi connectivity index (χ0n) is 15.3. The van der Waals surface area contributed by atoms with Gasteiger partial charge in [0, 0.05) is 43.0 Å². The minimum Gasteiger partial charge on any atom is -0.378 e. The summed E-state index contributed by atoms with van der Waals surface area (Å²) < 4.78 is 5.34. The van der Waals surface area contributed by atoms with Gasteiger partial charge in [0.1, 0.15) is 5.82 Å². The molecule has 1 unspecified atom stereocenters. The van der Waals surface area contributed by atoms with E-state index in [-0.39, 0.29) is 5.91 Å². The number of ether oxygens (including phenoxy) is 1. The zero-order valence-corrected chi connectivity index (χ0v) is 16.1. The van der Waals surface area contributed by atoms with E-state index in [1.165, 1.54) is 5.56 Å². The molecule has 27 heavy (non-hydrogen) atoms. The largest absolute Gasteiger partial charge is 0.378 e. The first-order valence-corrected chi connectivity index (χ1v) is 9.89. The lowest BCUT2D eigenvalue weighted by Gasteiger charge is -2.27. The Bertz CT molecular complexity index is 790. The molecule has 3 heterocycles. The average molecular weight is 386 g/mol. The van der Waals surface area contributed by atoms with Gasteiger partial charge in [-0.25, -0.2) is 4.98 Å². The number of anilines is 1. The molecule has 0 bridgehead atoms. The highest BCUT2D eigenvalue weighted by Gasteiger charge is 2.25. The molecule has 142 valence electrons. The molecule has 2 aromatic rings. The molecule has 2 aliphatic heterocycles. The van der Waals surface area contributed by atoms with Crippen molar-refractivity contribution in [2.45, 2.75) is 12.8 Å². The Balaban J connectivity index is 1.40. The third-order valence-electron chi connectivity index (χ3n) is 5.34. The van der Waals surface area contributed by atoms with Gasteiger partial charge in [-0.05, 0) is 48.6 Å². The van der Waals surface area contributed by atoms with Gasteiger partial charge in [-0.2, -0.15) is 0 Å². The van der Waals surface area contributed by atoms with Gasteiger partial charge in [-0.3, -0.25) is 4.79 Å². The number of carbonyl (C=O) groups is 1. The predicted octanol–water partition coefficient (Wildman–Crippen LogP) is 3.28. The lowest BCUT2D eigenvalue weighted by Crippen LogP contribution is -2.40. The highest BCUT2D eigenvalue weighted by molar-refractivity contribution is 6.30. The maximum atomic E-state index is 12.7. The Hall–Kier alpha value is -2.11. The van der Waals surface area contributed by atoms with Crippen molar-refractivity contribution in [2.24, 2.45) is 5.92 Å². The van der Waals surface area contributed by atoms with Crippen LogP contribution in [0.1, 0.15) is 22.3 Å². The summed E-state index contributed by atoms with van der Waals surface area (Å²) in [4.78, 5) is 21.4. The van der Waals surface area contributed by atoms with Crippen LogP contribution in [0.2, 0.25) is 5.02 Å². The monoisotopic (exact) mass is 385 g/mol. The molecule has 2 fully saturated rings. The van der Waals surface area contributed by atoms with Crippen molar-refractivity contribution in [3.8, 4) is 0 Å². The fourth-order valence-electron chi connectivity index (χ4n) is 3.83. The van der Waals surface area contributed by atoms with Gasteiger partial charge in [0.15, 0.2) is 0 Å². The summed E-state index contributed by atoms with van der Waals surface area (Å²) in [7, 11) is 0. The maximum absolute atomic E-state index is 12.7. The summed E-state index contributed by atoms with van der Waals surface area (Å²) in [5, 5.41) is 0.776. The molecule has 1 aromatic heterocycles. The number of morpholine rings is 1. The summed E-state index contributed by atoms with van der Waals surface area (Å²) in [6, 6.07) is 11.8. The third kappa shape index (κ3) is 4.42. The van der Waals surface area contributed by atoms with Crippen molar-refractivity contribution in [1.29, 1.82) is 0 Å². The highest BCUT2D eigenvalue weighted by Crippen LogP contribution is 2.26. The van der Waals surface area contributed by atoms with Crippen LogP contribution in [-0.4, -0.2) is 55.2 Å². The van der Waals surface area contributed by atoms with Crippen LogP contribution in [0.5, 0.6) is 0 Å². The Kier molecular flexibility index (Phi) is 5.60. The number of nitrogens with zero attached hydrogens (tertiary/aromatic N) is 3. The molecule has 6 heteroatoms. The van der Waals surface area contributed by atoms with Crippen molar-refractivity contribution < 1.29 is 9.53 Å². The van der Waals surface area contributed by atoms with E-state index in [0.29, 0.717) is 37.8 Å². The summed E-state index contributed by atoms with van der Waals surface area (Å²) in [6.45, 7) is 4.47. The van der Waals surface area contributed by atoms with Crippen molar-refractivity contribution in [1.82, 2.24) is 9.88 Å². The van der Waals surface area contributed by atoms with Crippen LogP contribution in [0.25, 0.3) is 0 Å². The summed E-state index contributed by atoms with van der Waals surface area (Å²) >= 11 is 5.97. The molecule has 1 atom stereocenters. The fraction of sp³-hybridized carbons (Fsp3) is 0.429. The number of amides is 1. The molecule has 0 aliphatic carbocycles. The molecule has 5 nitrogen and oxygen atoms in total. The van der Waals surface area contributed by atoms with E-state index in [2.05, 4.69) is 22.0 Å². The summed E-state index contributed by atoms with van der Waals surface area (Å²) in [5.41, 5.74) is 2.03.